The standard InChI is InChI=1S/C18H18N4O3/c23-17(19-12-14-6-2-1-3-7-14)18(24)20-13-15(16-8-4-11-25-16)22-10-5-9-21-22/h1-11,15H,12-13H2,(H,19,23)(H,20,24)/t15-/m0/s1. The van der Waals surface area contributed by atoms with E-state index in [9.17, 15) is 9.59 Å². The zero-order chi connectivity index (χ0) is 17.5. The van der Waals surface area contributed by atoms with Crippen LogP contribution in [0.25, 0.3) is 0 Å². The fraction of sp³-hybridized carbons (Fsp3) is 0.167. The Hall–Kier alpha value is -3.35. The van der Waals surface area contributed by atoms with Crippen LogP contribution >= 0.6 is 0 Å². The molecule has 2 aromatic heterocycles. The van der Waals surface area contributed by atoms with Gasteiger partial charge < -0.3 is 15.1 Å². The molecule has 2 heterocycles. The molecule has 0 aliphatic carbocycles. The van der Waals surface area contributed by atoms with Gasteiger partial charge >= 0.3 is 11.8 Å². The predicted molar refractivity (Wildman–Crippen MR) is 90.4 cm³/mol. The van der Waals surface area contributed by atoms with E-state index in [1.165, 1.54) is 0 Å². The lowest BCUT2D eigenvalue weighted by Gasteiger charge is -2.16. The molecule has 3 aromatic rings. The first-order chi connectivity index (χ1) is 12.2. The topological polar surface area (TPSA) is 89.2 Å². The van der Waals surface area contributed by atoms with Crippen molar-refractivity contribution in [2.75, 3.05) is 6.54 Å². The smallest absolute Gasteiger partial charge is 0.309 e. The van der Waals surface area contributed by atoms with Crippen molar-refractivity contribution in [2.45, 2.75) is 12.6 Å². The summed E-state index contributed by atoms with van der Waals surface area (Å²) in [5.74, 6) is -0.726. The molecule has 7 nitrogen and oxygen atoms in total. The summed E-state index contributed by atoms with van der Waals surface area (Å²) in [5, 5.41) is 9.39. The number of amides is 2. The molecule has 1 atom stereocenters. The fourth-order valence-corrected chi connectivity index (χ4v) is 2.40. The van der Waals surface area contributed by atoms with Crippen molar-refractivity contribution in [3.05, 3.63) is 78.5 Å². The van der Waals surface area contributed by atoms with E-state index in [1.54, 1.807) is 41.5 Å². The maximum Gasteiger partial charge on any atom is 0.309 e. The number of carbonyl (C=O) groups excluding carboxylic acids is 2. The summed E-state index contributed by atoms with van der Waals surface area (Å²) in [6, 6.07) is 14.4. The van der Waals surface area contributed by atoms with E-state index in [-0.39, 0.29) is 12.6 Å². The maximum atomic E-state index is 12.0. The van der Waals surface area contributed by atoms with Crippen molar-refractivity contribution >= 4 is 11.8 Å². The van der Waals surface area contributed by atoms with E-state index < -0.39 is 11.8 Å². The summed E-state index contributed by atoms with van der Waals surface area (Å²) in [7, 11) is 0. The molecular weight excluding hydrogens is 320 g/mol. The van der Waals surface area contributed by atoms with Crippen molar-refractivity contribution in [1.82, 2.24) is 20.4 Å². The zero-order valence-corrected chi connectivity index (χ0v) is 13.5. The molecule has 0 aliphatic heterocycles. The Kier molecular flexibility index (Phi) is 5.26. The quantitative estimate of drug-likeness (QED) is 0.667. The Balaban J connectivity index is 1.55. The first-order valence-electron chi connectivity index (χ1n) is 7.86. The molecule has 0 saturated heterocycles. The van der Waals surface area contributed by atoms with Crippen molar-refractivity contribution in [3.8, 4) is 0 Å². The first kappa shape index (κ1) is 16.5. The molecular formula is C18H18N4O3. The SMILES string of the molecule is O=C(NCc1ccccc1)C(=O)NC[C@@H](c1ccco1)n1cccn1. The van der Waals surface area contributed by atoms with Crippen molar-refractivity contribution in [1.29, 1.82) is 0 Å². The van der Waals surface area contributed by atoms with Crippen LogP contribution in [0.1, 0.15) is 17.4 Å². The molecule has 128 valence electrons. The van der Waals surface area contributed by atoms with E-state index in [0.717, 1.165) is 5.56 Å². The second kappa shape index (κ2) is 7.96. The maximum absolute atomic E-state index is 12.0. The number of hydrogen-bond donors (Lipinski definition) is 2. The Labute approximate surface area is 144 Å². The number of hydrogen-bond acceptors (Lipinski definition) is 4. The minimum absolute atomic E-state index is 0.187. The molecule has 0 saturated carbocycles. The molecule has 0 spiro atoms. The first-order valence-corrected chi connectivity index (χ1v) is 7.86. The molecule has 2 amide bonds. The van der Waals surface area contributed by atoms with Crippen LogP contribution in [-0.2, 0) is 16.1 Å². The summed E-state index contributed by atoms with van der Waals surface area (Å²) in [4.78, 5) is 24.0. The van der Waals surface area contributed by atoms with E-state index in [4.69, 9.17) is 4.42 Å². The van der Waals surface area contributed by atoms with Crippen molar-refractivity contribution < 1.29 is 14.0 Å². The van der Waals surface area contributed by atoms with Crippen LogP contribution in [0, 0.1) is 0 Å². The van der Waals surface area contributed by atoms with Crippen molar-refractivity contribution in [2.24, 2.45) is 0 Å². The lowest BCUT2D eigenvalue weighted by molar-refractivity contribution is -0.139. The van der Waals surface area contributed by atoms with Gasteiger partial charge in [-0.15, -0.1) is 0 Å². The van der Waals surface area contributed by atoms with Gasteiger partial charge in [0.05, 0.1) is 6.26 Å². The normalized spacial score (nSPS) is 11.7. The second-order valence-electron chi connectivity index (χ2n) is 5.40. The summed E-state index contributed by atoms with van der Waals surface area (Å²) in [6.07, 6.45) is 4.97. The number of nitrogens with one attached hydrogen (secondary N) is 2. The Bertz CT molecular complexity index is 764. The number of aromatic nitrogens is 2. The molecule has 0 unspecified atom stereocenters. The van der Waals surface area contributed by atoms with Crippen molar-refractivity contribution in [3.63, 3.8) is 0 Å². The van der Waals surface area contributed by atoms with Crippen LogP contribution in [0.4, 0.5) is 0 Å². The van der Waals surface area contributed by atoms with Gasteiger partial charge in [-0.1, -0.05) is 30.3 Å². The van der Waals surface area contributed by atoms with Crippen LogP contribution in [0.2, 0.25) is 0 Å². The molecule has 3 rings (SSSR count). The molecule has 1 aromatic carbocycles. The van der Waals surface area contributed by atoms with Gasteiger partial charge in [0.2, 0.25) is 0 Å². The van der Waals surface area contributed by atoms with Gasteiger partial charge in [0.15, 0.2) is 0 Å². The Morgan fingerprint density at radius 1 is 1.04 bits per heavy atom. The molecule has 25 heavy (non-hydrogen) atoms. The summed E-state index contributed by atoms with van der Waals surface area (Å²) in [6.45, 7) is 0.487. The van der Waals surface area contributed by atoms with Gasteiger partial charge in [-0.05, 0) is 23.8 Å². The molecule has 0 aliphatic rings. The summed E-state index contributed by atoms with van der Waals surface area (Å²) in [5.41, 5.74) is 0.925. The highest BCUT2D eigenvalue weighted by atomic mass is 16.3. The number of furan rings is 1. The zero-order valence-electron chi connectivity index (χ0n) is 13.5. The number of rotatable bonds is 6. The fourth-order valence-electron chi connectivity index (χ4n) is 2.40. The summed E-state index contributed by atoms with van der Waals surface area (Å²) < 4.78 is 7.07. The number of benzene rings is 1. The van der Waals surface area contributed by atoms with Crippen LogP contribution in [0.15, 0.2) is 71.6 Å². The molecule has 0 bridgehead atoms. The Morgan fingerprint density at radius 2 is 1.84 bits per heavy atom. The third-order valence-electron chi connectivity index (χ3n) is 3.67. The van der Waals surface area contributed by atoms with Crippen LogP contribution in [-0.4, -0.2) is 28.1 Å². The minimum Gasteiger partial charge on any atom is -0.467 e. The third-order valence-corrected chi connectivity index (χ3v) is 3.67. The van der Waals surface area contributed by atoms with Gasteiger partial charge in [-0.2, -0.15) is 5.10 Å². The highest BCUT2D eigenvalue weighted by molar-refractivity contribution is 6.35. The van der Waals surface area contributed by atoms with Gasteiger partial charge in [0, 0.05) is 25.5 Å². The average Bonchev–Trinajstić information content (AvgIpc) is 3.35. The molecule has 0 fully saturated rings. The average molecular weight is 338 g/mol. The third kappa shape index (κ3) is 4.35. The van der Waals surface area contributed by atoms with Gasteiger partial charge in [0.25, 0.3) is 0 Å². The molecule has 0 radical (unpaired) electrons. The van der Waals surface area contributed by atoms with E-state index >= 15 is 0 Å². The minimum atomic E-state index is -0.695. The lowest BCUT2D eigenvalue weighted by atomic mass is 10.2. The van der Waals surface area contributed by atoms with E-state index in [0.29, 0.717) is 12.3 Å². The number of nitrogens with zero attached hydrogens (tertiary/aromatic N) is 2. The second-order valence-corrected chi connectivity index (χ2v) is 5.40. The highest BCUT2D eigenvalue weighted by Crippen LogP contribution is 2.16. The van der Waals surface area contributed by atoms with Crippen LogP contribution in [0.5, 0.6) is 0 Å². The number of carbonyl (C=O) groups is 2. The summed E-state index contributed by atoms with van der Waals surface area (Å²) >= 11 is 0. The predicted octanol–water partition coefficient (Wildman–Crippen LogP) is 1.50. The Morgan fingerprint density at radius 3 is 2.52 bits per heavy atom. The monoisotopic (exact) mass is 338 g/mol. The highest BCUT2D eigenvalue weighted by Gasteiger charge is 2.20. The molecule has 2 N–H and O–H groups in total. The van der Waals surface area contributed by atoms with E-state index in [2.05, 4.69) is 15.7 Å². The van der Waals surface area contributed by atoms with Gasteiger partial charge in [-0.3, -0.25) is 14.3 Å². The molecule has 7 heteroatoms. The van der Waals surface area contributed by atoms with Gasteiger partial charge in [0.1, 0.15) is 11.8 Å². The van der Waals surface area contributed by atoms with Crippen LogP contribution in [0.3, 0.4) is 0 Å². The van der Waals surface area contributed by atoms with Gasteiger partial charge in [-0.25, -0.2) is 0 Å². The van der Waals surface area contributed by atoms with E-state index in [1.807, 2.05) is 30.3 Å². The largest absolute Gasteiger partial charge is 0.467 e. The lowest BCUT2D eigenvalue weighted by Crippen LogP contribution is -2.42. The van der Waals surface area contributed by atoms with Crippen LogP contribution < -0.4 is 10.6 Å².